The van der Waals surface area contributed by atoms with Gasteiger partial charge in [-0.15, -0.1) is 0 Å². The number of benzene rings is 2. The molecule has 15 nitrogen and oxygen atoms in total. The molecule has 290 valence electrons. The summed E-state index contributed by atoms with van der Waals surface area (Å²) in [5, 5.41) is 17.0. The number of thioether (sulfide) groups is 1. The number of H-pyrrole nitrogens is 1. The molecule has 0 saturated carbocycles. The van der Waals surface area contributed by atoms with Crippen LogP contribution in [-0.2, 0) is 46.4 Å². The highest BCUT2D eigenvalue weighted by molar-refractivity contribution is 7.98. The average Bonchev–Trinajstić information content (AvgIpc) is 3.55. The van der Waals surface area contributed by atoms with Crippen LogP contribution < -0.4 is 37.6 Å². The molecular formula is C38H50N8O7S. The second-order valence-electron chi connectivity index (χ2n) is 13.8. The molecule has 0 radical (unpaired) electrons. The van der Waals surface area contributed by atoms with Crippen LogP contribution in [0.3, 0.4) is 0 Å². The van der Waals surface area contributed by atoms with Crippen LogP contribution in [0.25, 0.3) is 10.9 Å². The highest BCUT2D eigenvalue weighted by Gasteiger charge is 2.34. The van der Waals surface area contributed by atoms with Gasteiger partial charge in [0.1, 0.15) is 30.2 Å². The minimum Gasteiger partial charge on any atom is -0.370 e. The molecule has 4 rings (SSSR count). The fourth-order valence-electron chi connectivity index (χ4n) is 6.18. The highest BCUT2D eigenvalue weighted by Crippen LogP contribution is 2.20. The van der Waals surface area contributed by atoms with Gasteiger partial charge in [-0.2, -0.15) is 11.8 Å². The Morgan fingerprint density at radius 3 is 1.94 bits per heavy atom. The summed E-state index contributed by atoms with van der Waals surface area (Å²) in [5.74, 6) is -4.34. The Morgan fingerprint density at radius 1 is 0.722 bits per heavy atom. The van der Waals surface area contributed by atoms with Gasteiger partial charge in [-0.1, -0.05) is 62.4 Å². The normalized spacial score (nSPS) is 22.3. The molecule has 1 aliphatic rings. The van der Waals surface area contributed by atoms with Gasteiger partial charge in [0, 0.05) is 36.4 Å². The number of nitrogens with one attached hydrogen (secondary N) is 7. The third-order valence-corrected chi connectivity index (χ3v) is 9.63. The van der Waals surface area contributed by atoms with E-state index in [2.05, 4.69) is 36.9 Å². The maximum absolute atomic E-state index is 14.2. The lowest BCUT2D eigenvalue weighted by Crippen LogP contribution is -2.60. The lowest BCUT2D eigenvalue weighted by molar-refractivity contribution is -0.136. The van der Waals surface area contributed by atoms with Gasteiger partial charge in [-0.05, 0) is 54.4 Å². The standard InChI is InChI=1S/C38H50N8O7S/c1-22(2)17-29-37(52)44-28(15-16-54-3)36(51)43-27(13-14-32(39)47)35(50)46-31(19-24-20-40-26-12-8-7-11-25(24)26)38(53)45-30(18-23-9-5-4-6-10-23)34(49)41-21-33(48)42-29/h4-12,20,22,27-31,40H,13-19,21H2,1-3H3,(H2,39,47)(H,41,49)(H,42,48)(H,43,51)(H,44,52)(H,45,53)(H,46,50). The van der Waals surface area contributed by atoms with E-state index in [1.807, 2.05) is 50.4 Å². The molecular weight excluding hydrogens is 713 g/mol. The van der Waals surface area contributed by atoms with Crippen LogP contribution in [0.5, 0.6) is 0 Å². The molecule has 16 heteroatoms. The first-order valence-electron chi connectivity index (χ1n) is 18.0. The third-order valence-electron chi connectivity index (χ3n) is 8.99. The molecule has 0 aliphatic carbocycles. The largest absolute Gasteiger partial charge is 0.370 e. The summed E-state index contributed by atoms with van der Waals surface area (Å²) in [4.78, 5) is 97.6. The number of aromatic amines is 1. The predicted octanol–water partition coefficient (Wildman–Crippen LogP) is 0.572. The number of hydrogen-bond donors (Lipinski definition) is 8. The maximum Gasteiger partial charge on any atom is 0.243 e. The number of hydrogen-bond acceptors (Lipinski definition) is 8. The molecule has 9 N–H and O–H groups in total. The molecule has 3 aromatic rings. The van der Waals surface area contributed by atoms with Crippen molar-refractivity contribution in [3.63, 3.8) is 0 Å². The number of nitrogens with two attached hydrogens (primary N) is 1. The zero-order valence-electron chi connectivity index (χ0n) is 30.7. The molecule has 5 unspecified atom stereocenters. The zero-order chi connectivity index (χ0) is 39.2. The van der Waals surface area contributed by atoms with Crippen LogP contribution in [0.2, 0.25) is 0 Å². The molecule has 1 saturated heterocycles. The van der Waals surface area contributed by atoms with Crippen LogP contribution in [0.1, 0.15) is 50.7 Å². The van der Waals surface area contributed by atoms with Gasteiger partial charge in [0.2, 0.25) is 41.4 Å². The van der Waals surface area contributed by atoms with Gasteiger partial charge < -0.3 is 42.6 Å². The molecule has 5 atom stereocenters. The number of carbonyl (C=O) groups excluding carboxylic acids is 7. The number of para-hydroxylation sites is 1. The summed E-state index contributed by atoms with van der Waals surface area (Å²) in [7, 11) is 0. The molecule has 1 fully saturated rings. The van der Waals surface area contributed by atoms with Crippen molar-refractivity contribution in [2.75, 3.05) is 18.6 Å². The van der Waals surface area contributed by atoms with Crippen molar-refractivity contribution < 1.29 is 33.6 Å². The van der Waals surface area contributed by atoms with Gasteiger partial charge in [-0.25, -0.2) is 0 Å². The van der Waals surface area contributed by atoms with Crippen molar-refractivity contribution in [1.82, 2.24) is 36.9 Å². The van der Waals surface area contributed by atoms with Crippen molar-refractivity contribution >= 4 is 64.0 Å². The Balaban J connectivity index is 1.75. The van der Waals surface area contributed by atoms with E-state index < -0.39 is 78.1 Å². The smallest absolute Gasteiger partial charge is 0.243 e. The number of primary amides is 1. The first kappa shape index (κ1) is 41.4. The van der Waals surface area contributed by atoms with Gasteiger partial charge in [0.15, 0.2) is 0 Å². The van der Waals surface area contributed by atoms with E-state index in [0.717, 1.165) is 16.5 Å². The monoisotopic (exact) mass is 762 g/mol. The molecule has 1 aromatic heterocycles. The van der Waals surface area contributed by atoms with E-state index in [0.29, 0.717) is 11.3 Å². The summed E-state index contributed by atoms with van der Waals surface area (Å²) < 4.78 is 0. The van der Waals surface area contributed by atoms with Crippen LogP contribution in [-0.4, -0.2) is 95.1 Å². The second kappa shape index (κ2) is 20.2. The molecule has 0 spiro atoms. The topological polar surface area (TPSA) is 233 Å². The van der Waals surface area contributed by atoms with E-state index >= 15 is 0 Å². The van der Waals surface area contributed by atoms with E-state index in [9.17, 15) is 33.6 Å². The lowest BCUT2D eigenvalue weighted by Gasteiger charge is -2.28. The lowest BCUT2D eigenvalue weighted by atomic mass is 10.0. The summed E-state index contributed by atoms with van der Waals surface area (Å²) in [6.07, 6.45) is 3.57. The summed E-state index contributed by atoms with van der Waals surface area (Å²) in [6.45, 7) is 3.25. The van der Waals surface area contributed by atoms with Gasteiger partial charge in [0.25, 0.3) is 0 Å². The summed E-state index contributed by atoms with van der Waals surface area (Å²) in [6, 6.07) is 10.5. The minimum atomic E-state index is -1.33. The summed E-state index contributed by atoms with van der Waals surface area (Å²) in [5.41, 5.74) is 7.66. The molecule has 2 heterocycles. The molecule has 2 aromatic carbocycles. The second-order valence-corrected chi connectivity index (χ2v) is 14.7. The zero-order valence-corrected chi connectivity index (χ0v) is 31.6. The van der Waals surface area contributed by atoms with Crippen LogP contribution in [0.4, 0.5) is 0 Å². The number of fused-ring (bicyclic) bond motifs is 1. The Labute approximate surface area is 318 Å². The van der Waals surface area contributed by atoms with E-state index in [1.165, 1.54) is 11.8 Å². The third kappa shape index (κ3) is 12.4. The van der Waals surface area contributed by atoms with E-state index in [4.69, 9.17) is 5.73 Å². The van der Waals surface area contributed by atoms with E-state index in [-0.39, 0.29) is 44.4 Å². The fourth-order valence-corrected chi connectivity index (χ4v) is 6.65. The Bertz CT molecular complexity index is 1800. The highest BCUT2D eigenvalue weighted by atomic mass is 32.2. The van der Waals surface area contributed by atoms with Crippen molar-refractivity contribution in [3.8, 4) is 0 Å². The molecule has 7 amide bonds. The SMILES string of the molecule is CSCCC1NC(=O)C(CC(C)C)NC(=O)CNC(=O)C(Cc2ccccc2)NC(=O)C(Cc2c[nH]c3ccccc23)NC(=O)C(CCC(N)=O)NC1=O. The quantitative estimate of drug-likeness (QED) is 0.130. The Kier molecular flexibility index (Phi) is 15.5. The average molecular weight is 763 g/mol. The number of carbonyl (C=O) groups is 7. The first-order chi connectivity index (χ1) is 25.8. The molecule has 0 bridgehead atoms. The van der Waals surface area contributed by atoms with Crippen LogP contribution in [0.15, 0.2) is 60.8 Å². The number of rotatable bonds is 12. The number of amides is 7. The van der Waals surface area contributed by atoms with Crippen molar-refractivity contribution in [3.05, 3.63) is 71.9 Å². The van der Waals surface area contributed by atoms with Crippen molar-refractivity contribution in [2.24, 2.45) is 11.7 Å². The first-order valence-corrected chi connectivity index (χ1v) is 19.4. The van der Waals surface area contributed by atoms with Crippen LogP contribution >= 0.6 is 11.8 Å². The fraction of sp³-hybridized carbons (Fsp3) is 0.447. The van der Waals surface area contributed by atoms with Crippen molar-refractivity contribution in [1.29, 1.82) is 0 Å². The molecule has 54 heavy (non-hydrogen) atoms. The van der Waals surface area contributed by atoms with E-state index in [1.54, 1.807) is 30.5 Å². The van der Waals surface area contributed by atoms with Crippen molar-refractivity contribution in [2.45, 2.75) is 82.6 Å². The molecule has 1 aliphatic heterocycles. The van der Waals surface area contributed by atoms with Gasteiger partial charge in [-0.3, -0.25) is 33.6 Å². The number of aromatic nitrogens is 1. The Hall–Kier alpha value is -5.38. The maximum atomic E-state index is 14.2. The van der Waals surface area contributed by atoms with Gasteiger partial charge >= 0.3 is 0 Å². The van der Waals surface area contributed by atoms with Crippen LogP contribution in [0, 0.1) is 5.92 Å². The Morgan fingerprint density at radius 2 is 1.30 bits per heavy atom. The summed E-state index contributed by atoms with van der Waals surface area (Å²) >= 11 is 1.44. The minimum absolute atomic E-state index is 0.0101. The predicted molar refractivity (Wildman–Crippen MR) is 206 cm³/mol. The van der Waals surface area contributed by atoms with Gasteiger partial charge in [0.05, 0.1) is 6.54 Å².